The van der Waals surface area contributed by atoms with Crippen LogP contribution in [0, 0.1) is 26.9 Å². The van der Waals surface area contributed by atoms with Gasteiger partial charge in [0.2, 0.25) is 0 Å². The molecule has 1 aliphatic rings. The Bertz CT molecular complexity index is 875. The molecule has 3 unspecified atom stereocenters. The molecule has 0 fully saturated rings. The maximum atomic E-state index is 13.1. The average molecular weight is 417 g/mol. The van der Waals surface area contributed by atoms with Crippen LogP contribution in [0.25, 0.3) is 0 Å². The van der Waals surface area contributed by atoms with Crippen molar-refractivity contribution in [2.24, 2.45) is 5.41 Å². The summed E-state index contributed by atoms with van der Waals surface area (Å²) in [4.78, 5) is 36.1. The van der Waals surface area contributed by atoms with Crippen molar-refractivity contribution < 1.29 is 29.1 Å². The quantitative estimate of drug-likeness (QED) is 0.202. The summed E-state index contributed by atoms with van der Waals surface area (Å²) in [6.45, 7) is 1.67. The van der Waals surface area contributed by atoms with Gasteiger partial charge in [-0.25, -0.2) is 0 Å². The summed E-state index contributed by atoms with van der Waals surface area (Å²) in [5.74, 6) is -3.33. The summed E-state index contributed by atoms with van der Waals surface area (Å²) >= 11 is 0. The molecule has 0 radical (unpaired) electrons. The highest BCUT2D eigenvalue weighted by molar-refractivity contribution is 6.02. The minimum Gasteiger partial charge on any atom is -0.480 e. The van der Waals surface area contributed by atoms with Crippen molar-refractivity contribution in [3.05, 3.63) is 51.7 Å². The normalized spacial score (nSPS) is 22.9. The van der Waals surface area contributed by atoms with E-state index >= 15 is 0 Å². The second-order valence-electron chi connectivity index (χ2n) is 6.77. The summed E-state index contributed by atoms with van der Waals surface area (Å²) in [7, 11) is 1.49. The van der Waals surface area contributed by atoms with E-state index in [9.17, 15) is 24.8 Å². The molecule has 0 aromatic heterocycles. The van der Waals surface area contributed by atoms with E-state index in [4.69, 9.17) is 14.7 Å². The fourth-order valence-corrected chi connectivity index (χ4v) is 3.71. The van der Waals surface area contributed by atoms with Crippen LogP contribution in [0.2, 0.25) is 0 Å². The molecule has 1 aromatic carbocycles. The number of non-ortho nitro benzene ring substituents is 1. The fraction of sp³-hybridized carbons (Fsp3) is 0.450. The van der Waals surface area contributed by atoms with E-state index in [1.54, 1.807) is 13.0 Å². The monoisotopic (exact) mass is 417 g/mol. The molecule has 30 heavy (non-hydrogen) atoms. The number of benzene rings is 1. The molecule has 10 heteroatoms. The van der Waals surface area contributed by atoms with E-state index in [0.29, 0.717) is 11.3 Å². The molecule has 0 amide bonds. The number of rotatable bonds is 9. The Hall–Kier alpha value is -3.45. The molecule has 0 aliphatic carbocycles. The number of aliphatic carboxylic acids is 1. The number of ether oxygens (including phenoxy) is 2. The highest BCUT2D eigenvalue weighted by Gasteiger charge is 2.60. The molecule has 2 N–H and O–H groups in total. The zero-order valence-corrected chi connectivity index (χ0v) is 16.7. The van der Waals surface area contributed by atoms with Crippen LogP contribution in [-0.2, 0) is 19.1 Å². The van der Waals surface area contributed by atoms with Gasteiger partial charge in [0, 0.05) is 30.9 Å². The molecule has 1 aromatic rings. The van der Waals surface area contributed by atoms with Crippen molar-refractivity contribution in [2.75, 3.05) is 20.3 Å². The molecular formula is C20H23N3O7. The van der Waals surface area contributed by atoms with Crippen molar-refractivity contribution in [1.82, 2.24) is 5.32 Å². The molecule has 1 aliphatic heterocycles. The Morgan fingerprint density at radius 2 is 2.03 bits per heavy atom. The number of nitro benzene ring substituents is 1. The number of carboxylic acid groups (broad SMARTS) is 1. The van der Waals surface area contributed by atoms with E-state index < -0.39 is 34.2 Å². The lowest BCUT2D eigenvalue weighted by atomic mass is 9.64. The highest BCUT2D eigenvalue weighted by Crippen LogP contribution is 2.46. The number of nitrogens with zero attached hydrogens (tertiary/aromatic N) is 2. The number of methoxy groups -OCH3 is 1. The molecule has 1 heterocycles. The summed E-state index contributed by atoms with van der Waals surface area (Å²) in [5, 5.41) is 33.0. The second-order valence-corrected chi connectivity index (χ2v) is 6.77. The fourth-order valence-electron chi connectivity index (χ4n) is 3.71. The molecule has 160 valence electrons. The lowest BCUT2D eigenvalue weighted by Crippen LogP contribution is -2.60. The first-order chi connectivity index (χ1) is 14.3. The van der Waals surface area contributed by atoms with Crippen molar-refractivity contribution >= 4 is 17.6 Å². The molecule has 0 saturated heterocycles. The Morgan fingerprint density at radius 1 is 1.37 bits per heavy atom. The van der Waals surface area contributed by atoms with Gasteiger partial charge in [-0.2, -0.15) is 5.26 Å². The van der Waals surface area contributed by atoms with E-state index in [0.717, 1.165) is 0 Å². The highest BCUT2D eigenvalue weighted by atomic mass is 16.6. The first-order valence-electron chi connectivity index (χ1n) is 9.30. The minimum atomic E-state index is -2.03. The van der Waals surface area contributed by atoms with Gasteiger partial charge in [-0.3, -0.25) is 19.7 Å². The third-order valence-corrected chi connectivity index (χ3v) is 5.08. The van der Waals surface area contributed by atoms with Gasteiger partial charge >= 0.3 is 11.9 Å². The number of carbonyl (C=O) groups excluding carboxylic acids is 1. The van der Waals surface area contributed by atoms with E-state index in [1.165, 1.54) is 31.4 Å². The number of nitrogens with one attached hydrogen (secondary N) is 1. The number of nitro groups is 1. The lowest BCUT2D eigenvalue weighted by molar-refractivity contribution is -0.384. The molecule has 0 saturated carbocycles. The first-order valence-corrected chi connectivity index (χ1v) is 9.30. The van der Waals surface area contributed by atoms with Gasteiger partial charge in [0.15, 0.2) is 5.41 Å². The molecular weight excluding hydrogens is 394 g/mol. The van der Waals surface area contributed by atoms with Crippen LogP contribution in [-0.4, -0.2) is 48.3 Å². The number of nitriles is 1. The molecule has 2 rings (SSSR count). The number of hydrogen-bond donors (Lipinski definition) is 2. The summed E-state index contributed by atoms with van der Waals surface area (Å²) in [5.41, 5.74) is -1.18. The van der Waals surface area contributed by atoms with Gasteiger partial charge in [-0.05, 0) is 12.0 Å². The number of carboxylic acids is 1. The molecule has 3 atom stereocenters. The van der Waals surface area contributed by atoms with Crippen molar-refractivity contribution in [3.8, 4) is 6.07 Å². The van der Waals surface area contributed by atoms with Crippen LogP contribution in [0.3, 0.4) is 0 Å². The Labute approximate surface area is 173 Å². The standard InChI is InChI=1S/C20H23N3O7/c1-3-17-20(18(24)25,19(26)30-10-4-9-21)16(11-14(22-17)12-29-2)13-5-7-15(8-6-13)23(27)28/h5-8,11,16-17,22H,3-4,10,12H2,1-2H3,(H,24,25). The predicted molar refractivity (Wildman–Crippen MR) is 104 cm³/mol. The first kappa shape index (κ1) is 22.8. The van der Waals surface area contributed by atoms with Crippen LogP contribution in [0.4, 0.5) is 5.69 Å². The van der Waals surface area contributed by atoms with E-state index in [2.05, 4.69) is 5.32 Å². The van der Waals surface area contributed by atoms with Crippen LogP contribution in [0.15, 0.2) is 36.0 Å². The van der Waals surface area contributed by atoms with Crippen molar-refractivity contribution in [3.63, 3.8) is 0 Å². The maximum Gasteiger partial charge on any atom is 0.326 e. The van der Waals surface area contributed by atoms with E-state index in [1.807, 2.05) is 6.07 Å². The van der Waals surface area contributed by atoms with Gasteiger partial charge in [0.25, 0.3) is 5.69 Å². The third-order valence-electron chi connectivity index (χ3n) is 5.08. The molecule has 10 nitrogen and oxygen atoms in total. The Kier molecular flexibility index (Phi) is 7.49. The topological polar surface area (TPSA) is 152 Å². The Balaban J connectivity index is 2.65. The minimum absolute atomic E-state index is 0.0708. The number of carbonyl (C=O) groups is 2. The predicted octanol–water partition coefficient (Wildman–Crippen LogP) is 2.12. The number of allylic oxidation sites excluding steroid dienone is 1. The van der Waals surface area contributed by atoms with E-state index in [-0.39, 0.29) is 31.7 Å². The molecule has 0 spiro atoms. The molecule has 0 bridgehead atoms. The van der Waals surface area contributed by atoms with Gasteiger partial charge in [-0.15, -0.1) is 0 Å². The average Bonchev–Trinajstić information content (AvgIpc) is 2.73. The summed E-state index contributed by atoms with van der Waals surface area (Å²) < 4.78 is 10.3. The number of hydrogen-bond acceptors (Lipinski definition) is 8. The lowest BCUT2D eigenvalue weighted by Gasteiger charge is -2.44. The van der Waals surface area contributed by atoms with Crippen LogP contribution in [0.5, 0.6) is 0 Å². The smallest absolute Gasteiger partial charge is 0.326 e. The third kappa shape index (κ3) is 4.26. The maximum absolute atomic E-state index is 13.1. The zero-order chi connectivity index (χ0) is 22.3. The van der Waals surface area contributed by atoms with Gasteiger partial charge in [0.05, 0.1) is 30.1 Å². The van der Waals surface area contributed by atoms with Crippen LogP contribution >= 0.6 is 0 Å². The van der Waals surface area contributed by atoms with Gasteiger partial charge in [0.1, 0.15) is 6.61 Å². The summed E-state index contributed by atoms with van der Waals surface area (Å²) in [6, 6.07) is 6.39. The van der Waals surface area contributed by atoms with Gasteiger partial charge < -0.3 is 19.9 Å². The number of esters is 1. The second kappa shape index (κ2) is 9.84. The van der Waals surface area contributed by atoms with Crippen LogP contribution in [0.1, 0.15) is 31.2 Å². The largest absolute Gasteiger partial charge is 0.480 e. The Morgan fingerprint density at radius 3 is 2.53 bits per heavy atom. The van der Waals surface area contributed by atoms with Crippen molar-refractivity contribution in [2.45, 2.75) is 31.7 Å². The SMILES string of the molecule is CCC1NC(COC)=CC(c2ccc([N+](=O)[O-])cc2)C1(C(=O)O)C(=O)OCCC#N. The summed E-state index contributed by atoms with van der Waals surface area (Å²) in [6.07, 6.45) is 1.79. The van der Waals surface area contributed by atoms with Gasteiger partial charge in [-0.1, -0.05) is 25.1 Å². The zero-order valence-electron chi connectivity index (χ0n) is 16.7. The van der Waals surface area contributed by atoms with Crippen LogP contribution < -0.4 is 5.32 Å². The van der Waals surface area contributed by atoms with Crippen molar-refractivity contribution in [1.29, 1.82) is 5.26 Å².